The van der Waals surface area contributed by atoms with Crippen molar-refractivity contribution in [3.05, 3.63) is 52.7 Å². The highest BCUT2D eigenvalue weighted by Crippen LogP contribution is 2.23. The summed E-state index contributed by atoms with van der Waals surface area (Å²) in [7, 11) is 2.14. The van der Waals surface area contributed by atoms with Gasteiger partial charge in [0.15, 0.2) is 5.96 Å². The Bertz CT molecular complexity index is 675. The van der Waals surface area contributed by atoms with E-state index in [4.69, 9.17) is 4.99 Å². The Kier molecular flexibility index (Phi) is 9.41. The fourth-order valence-electron chi connectivity index (χ4n) is 3.38. The SMILES string of the molecule is CCNC(=NCC1CCN(c2ccccc2)C1)N(C)CCc1cccs1.I. The molecule has 3 rings (SSSR count). The molecule has 0 radical (unpaired) electrons. The number of benzene rings is 1. The first kappa shape index (κ1) is 22.0. The zero-order valence-electron chi connectivity index (χ0n) is 16.3. The van der Waals surface area contributed by atoms with Gasteiger partial charge in [0.05, 0.1) is 0 Å². The van der Waals surface area contributed by atoms with Gasteiger partial charge in [0.1, 0.15) is 0 Å². The van der Waals surface area contributed by atoms with Gasteiger partial charge in [-0.2, -0.15) is 0 Å². The van der Waals surface area contributed by atoms with E-state index in [1.807, 2.05) is 11.3 Å². The van der Waals surface area contributed by atoms with Crippen molar-refractivity contribution in [1.29, 1.82) is 0 Å². The van der Waals surface area contributed by atoms with E-state index in [1.54, 1.807) is 0 Å². The molecule has 0 saturated carbocycles. The van der Waals surface area contributed by atoms with Gasteiger partial charge >= 0.3 is 0 Å². The van der Waals surface area contributed by atoms with Crippen molar-refractivity contribution in [2.45, 2.75) is 19.8 Å². The molecule has 148 valence electrons. The van der Waals surface area contributed by atoms with Crippen LogP contribution in [0.15, 0.2) is 52.8 Å². The molecule has 2 heterocycles. The topological polar surface area (TPSA) is 30.9 Å². The predicted molar refractivity (Wildman–Crippen MR) is 129 cm³/mol. The minimum atomic E-state index is 0. The van der Waals surface area contributed by atoms with Gasteiger partial charge in [-0.3, -0.25) is 4.99 Å². The smallest absolute Gasteiger partial charge is 0.193 e. The molecule has 1 fully saturated rings. The van der Waals surface area contributed by atoms with Crippen molar-refractivity contribution in [3.63, 3.8) is 0 Å². The van der Waals surface area contributed by atoms with Gasteiger partial charge in [-0.1, -0.05) is 24.3 Å². The molecular weight excluding hydrogens is 467 g/mol. The number of nitrogens with one attached hydrogen (secondary N) is 1. The van der Waals surface area contributed by atoms with Crippen LogP contribution in [0.2, 0.25) is 0 Å². The molecule has 1 aromatic heterocycles. The number of aliphatic imine (C=N–C) groups is 1. The van der Waals surface area contributed by atoms with Crippen LogP contribution in [0.3, 0.4) is 0 Å². The average molecular weight is 498 g/mol. The first-order valence-corrected chi connectivity index (χ1v) is 10.5. The number of likely N-dealkylation sites (N-methyl/N-ethyl adjacent to an activating group) is 1. The number of rotatable bonds is 7. The van der Waals surface area contributed by atoms with Gasteiger partial charge in [0, 0.05) is 50.3 Å². The third kappa shape index (κ3) is 6.68. The van der Waals surface area contributed by atoms with Gasteiger partial charge in [0.25, 0.3) is 0 Å². The van der Waals surface area contributed by atoms with Gasteiger partial charge in [-0.05, 0) is 49.3 Å². The highest BCUT2D eigenvalue weighted by atomic mass is 127. The van der Waals surface area contributed by atoms with Crippen LogP contribution >= 0.6 is 35.3 Å². The molecule has 1 N–H and O–H groups in total. The maximum absolute atomic E-state index is 4.93. The van der Waals surface area contributed by atoms with Crippen LogP contribution in [-0.2, 0) is 6.42 Å². The average Bonchev–Trinajstić information content (AvgIpc) is 3.36. The summed E-state index contributed by atoms with van der Waals surface area (Å²) in [6, 6.07) is 15.1. The Labute approximate surface area is 184 Å². The van der Waals surface area contributed by atoms with Crippen LogP contribution in [0.25, 0.3) is 0 Å². The molecule has 2 aromatic rings. The van der Waals surface area contributed by atoms with Gasteiger partial charge in [0.2, 0.25) is 0 Å². The van der Waals surface area contributed by atoms with E-state index in [1.165, 1.54) is 17.0 Å². The summed E-state index contributed by atoms with van der Waals surface area (Å²) in [4.78, 5) is 11.1. The first-order valence-electron chi connectivity index (χ1n) is 9.58. The third-order valence-electron chi connectivity index (χ3n) is 4.88. The van der Waals surface area contributed by atoms with E-state index >= 15 is 0 Å². The summed E-state index contributed by atoms with van der Waals surface area (Å²) in [6.45, 7) is 7.17. The van der Waals surface area contributed by atoms with Crippen molar-refractivity contribution in [2.24, 2.45) is 10.9 Å². The number of hydrogen-bond acceptors (Lipinski definition) is 3. The van der Waals surface area contributed by atoms with E-state index in [0.717, 1.165) is 45.1 Å². The standard InChI is InChI=1S/C21H30N4S.HI/c1-3-22-21(24(2)13-12-20-10-7-15-26-20)23-16-18-11-14-25(17-18)19-8-5-4-6-9-19;/h4-10,15,18H,3,11-14,16-17H2,1-2H3,(H,22,23);1H. The van der Waals surface area contributed by atoms with Crippen LogP contribution in [0.4, 0.5) is 5.69 Å². The molecule has 6 heteroatoms. The normalized spacial score (nSPS) is 16.9. The first-order chi connectivity index (χ1) is 12.8. The predicted octanol–water partition coefficient (Wildman–Crippen LogP) is 4.33. The summed E-state index contributed by atoms with van der Waals surface area (Å²) < 4.78 is 0. The number of halogens is 1. The monoisotopic (exact) mass is 498 g/mol. The van der Waals surface area contributed by atoms with E-state index in [-0.39, 0.29) is 24.0 Å². The quantitative estimate of drug-likeness (QED) is 0.350. The Morgan fingerprint density at radius 1 is 1.26 bits per heavy atom. The molecular formula is C21H31IN4S. The van der Waals surface area contributed by atoms with E-state index in [2.05, 4.69) is 76.9 Å². The molecule has 0 bridgehead atoms. The molecule has 27 heavy (non-hydrogen) atoms. The summed E-state index contributed by atoms with van der Waals surface area (Å²) in [5.74, 6) is 1.66. The lowest BCUT2D eigenvalue weighted by atomic mass is 10.1. The molecule has 0 aliphatic carbocycles. The highest BCUT2D eigenvalue weighted by molar-refractivity contribution is 14.0. The molecule has 1 aromatic carbocycles. The summed E-state index contributed by atoms with van der Waals surface area (Å²) in [6.07, 6.45) is 2.29. The molecule has 0 spiro atoms. The van der Waals surface area contributed by atoms with Crippen LogP contribution in [-0.4, -0.2) is 50.6 Å². The molecule has 0 amide bonds. The number of thiophene rings is 1. The third-order valence-corrected chi connectivity index (χ3v) is 5.81. The van der Waals surface area contributed by atoms with Crippen LogP contribution < -0.4 is 10.2 Å². The molecule has 1 aliphatic rings. The number of para-hydroxylation sites is 1. The van der Waals surface area contributed by atoms with Crippen LogP contribution in [0, 0.1) is 5.92 Å². The summed E-state index contributed by atoms with van der Waals surface area (Å²) in [5.41, 5.74) is 1.33. The summed E-state index contributed by atoms with van der Waals surface area (Å²) in [5, 5.41) is 5.59. The van der Waals surface area contributed by atoms with Gasteiger partial charge in [-0.25, -0.2) is 0 Å². The maximum atomic E-state index is 4.93. The zero-order valence-corrected chi connectivity index (χ0v) is 19.5. The lowest BCUT2D eigenvalue weighted by Gasteiger charge is -2.22. The maximum Gasteiger partial charge on any atom is 0.193 e. The van der Waals surface area contributed by atoms with Crippen molar-refractivity contribution in [3.8, 4) is 0 Å². The molecule has 1 atom stereocenters. The Balaban J connectivity index is 0.00000261. The second kappa shape index (κ2) is 11.5. The Morgan fingerprint density at radius 2 is 2.07 bits per heavy atom. The van der Waals surface area contributed by atoms with Crippen molar-refractivity contribution >= 4 is 47.0 Å². The number of nitrogens with zero attached hydrogens (tertiary/aromatic N) is 3. The Morgan fingerprint density at radius 3 is 2.78 bits per heavy atom. The molecule has 1 saturated heterocycles. The van der Waals surface area contributed by atoms with Gasteiger partial charge in [-0.15, -0.1) is 35.3 Å². The van der Waals surface area contributed by atoms with Crippen LogP contribution in [0.1, 0.15) is 18.2 Å². The second-order valence-electron chi connectivity index (χ2n) is 6.88. The number of hydrogen-bond donors (Lipinski definition) is 1. The van der Waals surface area contributed by atoms with Gasteiger partial charge < -0.3 is 15.1 Å². The number of anilines is 1. The van der Waals surface area contributed by atoms with E-state index < -0.39 is 0 Å². The molecule has 4 nitrogen and oxygen atoms in total. The van der Waals surface area contributed by atoms with Crippen molar-refractivity contribution in [2.75, 3.05) is 44.7 Å². The number of guanidine groups is 1. The van der Waals surface area contributed by atoms with E-state index in [9.17, 15) is 0 Å². The van der Waals surface area contributed by atoms with Crippen molar-refractivity contribution in [1.82, 2.24) is 10.2 Å². The molecule has 1 aliphatic heterocycles. The zero-order chi connectivity index (χ0) is 18.2. The summed E-state index contributed by atoms with van der Waals surface area (Å²) >= 11 is 1.83. The molecule has 1 unspecified atom stereocenters. The highest BCUT2D eigenvalue weighted by Gasteiger charge is 2.22. The lowest BCUT2D eigenvalue weighted by molar-refractivity contribution is 0.481. The minimum absolute atomic E-state index is 0. The Hall–Kier alpha value is -1.28. The van der Waals surface area contributed by atoms with E-state index in [0.29, 0.717) is 5.92 Å². The van der Waals surface area contributed by atoms with Crippen molar-refractivity contribution < 1.29 is 0 Å². The second-order valence-corrected chi connectivity index (χ2v) is 7.91. The fraction of sp³-hybridized carbons (Fsp3) is 0.476. The lowest BCUT2D eigenvalue weighted by Crippen LogP contribution is -2.40. The minimum Gasteiger partial charge on any atom is -0.371 e. The fourth-order valence-corrected chi connectivity index (χ4v) is 4.08. The van der Waals surface area contributed by atoms with Crippen LogP contribution in [0.5, 0.6) is 0 Å². The largest absolute Gasteiger partial charge is 0.371 e.